The number of carbonyl (C=O) groups is 1. The van der Waals surface area contributed by atoms with Crippen LogP contribution in [0.2, 0.25) is 0 Å². The van der Waals surface area contributed by atoms with Gasteiger partial charge in [-0.1, -0.05) is 54.6 Å². The zero-order valence-electron chi connectivity index (χ0n) is 18.6. The van der Waals surface area contributed by atoms with E-state index in [0.29, 0.717) is 6.54 Å². The van der Waals surface area contributed by atoms with Crippen molar-refractivity contribution in [2.45, 2.75) is 25.9 Å². The molecule has 2 aromatic heterocycles. The molecule has 2 N–H and O–H groups in total. The summed E-state index contributed by atoms with van der Waals surface area (Å²) in [6.45, 7) is 5.30. The molecule has 1 fully saturated rings. The van der Waals surface area contributed by atoms with Crippen LogP contribution in [0.15, 0.2) is 65.4 Å². The van der Waals surface area contributed by atoms with Gasteiger partial charge in [-0.3, -0.25) is 4.90 Å². The number of carbonyl (C=O) groups excluding carboxylic acids is 1. The van der Waals surface area contributed by atoms with E-state index in [9.17, 15) is 4.79 Å². The highest BCUT2D eigenvalue weighted by Crippen LogP contribution is 2.32. The Kier molecular flexibility index (Phi) is 6.32. The van der Waals surface area contributed by atoms with Crippen LogP contribution < -0.4 is 10.6 Å². The number of rotatable bonds is 6. The summed E-state index contributed by atoms with van der Waals surface area (Å²) in [5, 5.41) is 9.96. The average Bonchev–Trinajstić information content (AvgIpc) is 3.48. The Hall–Kier alpha value is -3.29. The number of hydrogen-bond donors (Lipinski definition) is 2. The fraction of sp³-hybridized carbons (Fsp3) is 0.269. The second-order valence-corrected chi connectivity index (χ2v) is 9.09. The van der Waals surface area contributed by atoms with E-state index in [0.717, 1.165) is 59.6 Å². The molecular formula is C26H27N5OS. The lowest BCUT2D eigenvalue weighted by molar-refractivity contribution is 0.236. The van der Waals surface area contributed by atoms with Crippen molar-refractivity contribution in [3.8, 4) is 22.5 Å². The van der Waals surface area contributed by atoms with Gasteiger partial charge in [-0.2, -0.15) is 0 Å². The van der Waals surface area contributed by atoms with Gasteiger partial charge in [0.25, 0.3) is 0 Å². The number of nitrogens with zero attached hydrogens (tertiary/aromatic N) is 3. The van der Waals surface area contributed by atoms with Crippen molar-refractivity contribution >= 4 is 28.4 Å². The lowest BCUT2D eigenvalue weighted by Crippen LogP contribution is -2.43. The summed E-state index contributed by atoms with van der Waals surface area (Å²) in [5.74, 6) is 0. The largest absolute Gasteiger partial charge is 0.338 e. The van der Waals surface area contributed by atoms with Crippen LogP contribution in [0.5, 0.6) is 0 Å². The Morgan fingerprint density at radius 3 is 2.33 bits per heavy atom. The highest BCUT2D eigenvalue weighted by Gasteiger charge is 2.23. The fourth-order valence-electron chi connectivity index (χ4n) is 4.31. The molecule has 0 spiro atoms. The smallest absolute Gasteiger partial charge is 0.315 e. The van der Waals surface area contributed by atoms with E-state index < -0.39 is 0 Å². The van der Waals surface area contributed by atoms with Crippen molar-refractivity contribution in [3.05, 3.63) is 70.9 Å². The average molecular weight is 458 g/mol. The minimum absolute atomic E-state index is 0.0772. The second-order valence-electron chi connectivity index (χ2n) is 8.35. The number of likely N-dealkylation sites (tertiary alicyclic amines) is 1. The molecule has 1 atom stereocenters. The Morgan fingerprint density at radius 1 is 1.00 bits per heavy atom. The van der Waals surface area contributed by atoms with Crippen LogP contribution in [0.3, 0.4) is 0 Å². The summed E-state index contributed by atoms with van der Waals surface area (Å²) >= 11 is 1.63. The molecular weight excluding hydrogens is 430 g/mol. The van der Waals surface area contributed by atoms with E-state index >= 15 is 0 Å². The Morgan fingerprint density at radius 2 is 1.67 bits per heavy atom. The van der Waals surface area contributed by atoms with Crippen molar-refractivity contribution in [1.29, 1.82) is 0 Å². The molecule has 2 aromatic carbocycles. The maximum absolute atomic E-state index is 11.8. The number of urea groups is 1. The van der Waals surface area contributed by atoms with Crippen molar-refractivity contribution in [1.82, 2.24) is 25.5 Å². The van der Waals surface area contributed by atoms with E-state index in [1.165, 1.54) is 5.56 Å². The number of aromatic nitrogens is 2. The summed E-state index contributed by atoms with van der Waals surface area (Å²) in [5.41, 5.74) is 7.07. The molecule has 3 heterocycles. The highest BCUT2D eigenvalue weighted by molar-refractivity contribution is 7.09. The summed E-state index contributed by atoms with van der Waals surface area (Å²) in [6.07, 6.45) is 0.978. The number of benzene rings is 2. The molecule has 0 saturated carbocycles. The van der Waals surface area contributed by atoms with Crippen molar-refractivity contribution in [2.75, 3.05) is 19.6 Å². The lowest BCUT2D eigenvalue weighted by Gasteiger charge is -2.17. The van der Waals surface area contributed by atoms with Gasteiger partial charge in [0.15, 0.2) is 0 Å². The van der Waals surface area contributed by atoms with E-state index in [2.05, 4.69) is 51.9 Å². The van der Waals surface area contributed by atoms with Crippen LogP contribution in [0.25, 0.3) is 33.5 Å². The van der Waals surface area contributed by atoms with Crippen LogP contribution in [-0.4, -0.2) is 46.6 Å². The first kappa shape index (κ1) is 21.6. The molecule has 7 heteroatoms. The number of thiophene rings is 1. The molecule has 4 aromatic rings. The molecule has 0 bridgehead atoms. The summed E-state index contributed by atoms with van der Waals surface area (Å²) in [7, 11) is 0. The third kappa shape index (κ3) is 4.89. The predicted molar refractivity (Wildman–Crippen MR) is 134 cm³/mol. The summed E-state index contributed by atoms with van der Waals surface area (Å²) in [4.78, 5) is 24.1. The molecule has 1 saturated heterocycles. The van der Waals surface area contributed by atoms with Crippen LogP contribution in [0, 0.1) is 0 Å². The molecule has 168 valence electrons. The monoisotopic (exact) mass is 457 g/mol. The zero-order chi connectivity index (χ0) is 22.6. The third-order valence-electron chi connectivity index (χ3n) is 5.94. The zero-order valence-corrected chi connectivity index (χ0v) is 19.4. The van der Waals surface area contributed by atoms with Crippen molar-refractivity contribution in [2.24, 2.45) is 0 Å². The van der Waals surface area contributed by atoms with E-state index in [-0.39, 0.29) is 12.1 Å². The SMILES string of the molecule is CCNC(=O)N[C@@H]1CCN(Cc2ccc(-c3nc4cscc4nc3-c3ccccc3)cc2)C1. The van der Waals surface area contributed by atoms with Gasteiger partial charge in [-0.15, -0.1) is 11.3 Å². The van der Waals surface area contributed by atoms with Gasteiger partial charge in [0.05, 0.1) is 11.4 Å². The van der Waals surface area contributed by atoms with E-state index in [1.807, 2.05) is 35.9 Å². The van der Waals surface area contributed by atoms with E-state index in [1.54, 1.807) is 11.3 Å². The molecule has 2 amide bonds. The number of amides is 2. The van der Waals surface area contributed by atoms with E-state index in [4.69, 9.17) is 9.97 Å². The van der Waals surface area contributed by atoms with Crippen LogP contribution in [0.4, 0.5) is 4.79 Å². The standard InChI is InChI=1S/C26H27N5OS/c1-2-27-26(32)28-21-12-13-31(15-21)14-18-8-10-20(11-9-18)25-24(19-6-4-3-5-7-19)29-22-16-33-17-23(22)30-25/h3-11,16-17,21H,2,12-15H2,1H3,(H2,27,28,32)/t21-/m1/s1. The molecule has 1 aliphatic rings. The molecule has 0 aliphatic carbocycles. The fourth-order valence-corrected chi connectivity index (χ4v) is 4.99. The quantitative estimate of drug-likeness (QED) is 0.431. The summed E-state index contributed by atoms with van der Waals surface area (Å²) in [6, 6.07) is 19.0. The predicted octanol–water partition coefficient (Wildman–Crippen LogP) is 4.92. The Balaban J connectivity index is 1.33. The normalized spacial score (nSPS) is 16.2. The minimum Gasteiger partial charge on any atom is -0.338 e. The van der Waals surface area contributed by atoms with Crippen molar-refractivity contribution in [3.63, 3.8) is 0 Å². The molecule has 0 radical (unpaired) electrons. The van der Waals surface area contributed by atoms with Crippen LogP contribution >= 0.6 is 11.3 Å². The first-order chi connectivity index (χ1) is 16.2. The Bertz CT molecular complexity index is 1240. The summed E-state index contributed by atoms with van der Waals surface area (Å²) < 4.78 is 0. The van der Waals surface area contributed by atoms with Crippen LogP contribution in [0.1, 0.15) is 18.9 Å². The van der Waals surface area contributed by atoms with Gasteiger partial charge < -0.3 is 10.6 Å². The van der Waals surface area contributed by atoms with Crippen molar-refractivity contribution < 1.29 is 4.79 Å². The maximum atomic E-state index is 11.8. The van der Waals surface area contributed by atoms with Gasteiger partial charge in [0, 0.05) is 54.1 Å². The third-order valence-corrected chi connectivity index (χ3v) is 6.65. The first-order valence-corrected chi connectivity index (χ1v) is 12.3. The maximum Gasteiger partial charge on any atom is 0.315 e. The minimum atomic E-state index is -0.0772. The highest BCUT2D eigenvalue weighted by atomic mass is 32.1. The molecule has 5 rings (SSSR count). The van der Waals surface area contributed by atoms with Gasteiger partial charge in [0.2, 0.25) is 0 Å². The van der Waals surface area contributed by atoms with Crippen LogP contribution in [-0.2, 0) is 6.54 Å². The van der Waals surface area contributed by atoms with Gasteiger partial charge >= 0.3 is 6.03 Å². The number of hydrogen-bond acceptors (Lipinski definition) is 5. The first-order valence-electron chi connectivity index (χ1n) is 11.3. The molecule has 6 nitrogen and oxygen atoms in total. The molecule has 0 unspecified atom stereocenters. The second kappa shape index (κ2) is 9.68. The van der Waals surface area contributed by atoms with Gasteiger partial charge in [-0.05, 0) is 18.9 Å². The van der Waals surface area contributed by atoms with Gasteiger partial charge in [-0.25, -0.2) is 14.8 Å². The molecule has 1 aliphatic heterocycles. The number of nitrogens with one attached hydrogen (secondary N) is 2. The Labute approximate surface area is 197 Å². The topological polar surface area (TPSA) is 70.2 Å². The van der Waals surface area contributed by atoms with Gasteiger partial charge in [0.1, 0.15) is 11.0 Å². The molecule has 33 heavy (non-hydrogen) atoms. The number of fused-ring (bicyclic) bond motifs is 1. The lowest BCUT2D eigenvalue weighted by atomic mass is 10.0.